The third-order valence-corrected chi connectivity index (χ3v) is 2.53. The first-order valence-corrected chi connectivity index (χ1v) is 5.59. The van der Waals surface area contributed by atoms with Crippen molar-refractivity contribution < 1.29 is 21.9 Å². The van der Waals surface area contributed by atoms with Gasteiger partial charge in [-0.2, -0.15) is 0 Å². The van der Waals surface area contributed by atoms with Crippen molar-refractivity contribution in [3.63, 3.8) is 0 Å². The van der Waals surface area contributed by atoms with E-state index in [0.29, 0.717) is 0 Å². The lowest BCUT2D eigenvalue weighted by Crippen LogP contribution is -3.00. The molecule has 1 N–H and O–H groups in total. The van der Waals surface area contributed by atoms with Gasteiger partial charge in [-0.3, -0.25) is 0 Å². The molecule has 0 saturated carbocycles. The van der Waals surface area contributed by atoms with Crippen molar-refractivity contribution in [2.24, 2.45) is 0 Å². The van der Waals surface area contributed by atoms with E-state index in [0.717, 1.165) is 35.5 Å². The number of nitrogens with one attached hydrogen (secondary N) is 1. The Kier molecular flexibility index (Phi) is 8.66. The maximum absolute atomic E-state index is 5.27. The summed E-state index contributed by atoms with van der Waals surface area (Å²) in [6.07, 6.45) is 0. The molecule has 92 valence electrons. The third-order valence-electron chi connectivity index (χ3n) is 2.04. The molecule has 0 bridgehead atoms. The molecule has 1 aromatic rings. The Hall–Kier alpha value is -0.290. The molecule has 16 heavy (non-hydrogen) atoms. The largest absolute Gasteiger partial charge is 1.00 e. The summed E-state index contributed by atoms with van der Waals surface area (Å²) in [5.41, 5.74) is 1.14. The first kappa shape index (κ1) is 15.7. The molecule has 1 rings (SSSR count). The van der Waals surface area contributed by atoms with Crippen LogP contribution in [0.2, 0.25) is 0 Å². The fraction of sp³-hybridized carbons (Fsp3) is 0.455. The maximum Gasteiger partial charge on any atom is 0.123 e. The van der Waals surface area contributed by atoms with Gasteiger partial charge in [0.2, 0.25) is 0 Å². The summed E-state index contributed by atoms with van der Waals surface area (Å²) in [5, 5.41) is 3.28. The van der Waals surface area contributed by atoms with Crippen LogP contribution in [0.4, 0.5) is 0 Å². The number of hydrogen-bond donors (Lipinski definition) is 1. The summed E-state index contributed by atoms with van der Waals surface area (Å²) in [6, 6.07) is 5.98. The Morgan fingerprint density at radius 3 is 2.69 bits per heavy atom. The molecule has 0 aromatic heterocycles. The van der Waals surface area contributed by atoms with E-state index in [-0.39, 0.29) is 12.4 Å². The lowest BCUT2D eigenvalue weighted by Gasteiger charge is -2.09. The minimum absolute atomic E-state index is 0. The maximum atomic E-state index is 5.27. The topological polar surface area (TPSA) is 30.5 Å². The summed E-state index contributed by atoms with van der Waals surface area (Å²) in [5.74, 6) is 0.906. The molecule has 0 spiro atoms. The van der Waals surface area contributed by atoms with E-state index in [2.05, 4.69) is 27.3 Å². The molecule has 0 unspecified atom stereocenters. The fourth-order valence-electron chi connectivity index (χ4n) is 1.28. The molecule has 0 heterocycles. The predicted octanol–water partition coefficient (Wildman–Crippen LogP) is -0.802. The van der Waals surface area contributed by atoms with E-state index in [4.69, 9.17) is 9.47 Å². The first-order chi connectivity index (χ1) is 7.27. The summed E-state index contributed by atoms with van der Waals surface area (Å²) in [4.78, 5) is 0. The SMILES string of the molecule is COCCNCc1cc(Br)ccc1OC.[Cl-]. The van der Waals surface area contributed by atoms with E-state index in [1.54, 1.807) is 14.2 Å². The molecule has 0 fully saturated rings. The van der Waals surface area contributed by atoms with Crippen molar-refractivity contribution >= 4 is 15.9 Å². The Bertz CT molecular complexity index is 310. The molecule has 1 aromatic carbocycles. The molecule has 5 heteroatoms. The van der Waals surface area contributed by atoms with Crippen LogP contribution in [0, 0.1) is 0 Å². The van der Waals surface area contributed by atoms with Crippen LogP contribution in [0.15, 0.2) is 22.7 Å². The molecule has 0 radical (unpaired) electrons. The van der Waals surface area contributed by atoms with E-state index in [9.17, 15) is 0 Å². The Labute approximate surface area is 111 Å². The normalized spacial score (nSPS) is 9.69. The van der Waals surface area contributed by atoms with Crippen molar-refractivity contribution in [3.8, 4) is 5.75 Å². The quantitative estimate of drug-likeness (QED) is 0.698. The Balaban J connectivity index is 0.00000225. The average Bonchev–Trinajstić information content (AvgIpc) is 2.25. The highest BCUT2D eigenvalue weighted by Crippen LogP contribution is 2.22. The molecule has 0 saturated heterocycles. The average molecular weight is 310 g/mol. The monoisotopic (exact) mass is 308 g/mol. The number of methoxy groups -OCH3 is 2. The molecule has 0 atom stereocenters. The third kappa shape index (κ3) is 5.16. The zero-order valence-electron chi connectivity index (χ0n) is 9.43. The van der Waals surface area contributed by atoms with Crippen molar-refractivity contribution in [1.29, 1.82) is 0 Å². The van der Waals surface area contributed by atoms with Crippen LogP contribution in [0.1, 0.15) is 5.56 Å². The summed E-state index contributed by atoms with van der Waals surface area (Å²) in [7, 11) is 3.38. The standard InChI is InChI=1S/C11H16BrNO2.ClH/c1-14-6-5-13-8-9-7-10(12)3-4-11(9)15-2;/h3-4,7,13H,5-6,8H2,1-2H3;1H/p-1. The summed E-state index contributed by atoms with van der Waals surface area (Å²) < 4.78 is 11.3. The van der Waals surface area contributed by atoms with Crippen molar-refractivity contribution in [1.82, 2.24) is 5.32 Å². The molecular weight excluding hydrogens is 293 g/mol. The van der Waals surface area contributed by atoms with E-state index >= 15 is 0 Å². The first-order valence-electron chi connectivity index (χ1n) is 4.80. The van der Waals surface area contributed by atoms with Crippen LogP contribution < -0.4 is 22.5 Å². The molecule has 0 aliphatic carbocycles. The number of rotatable bonds is 6. The number of ether oxygens (including phenoxy) is 2. The van der Waals surface area contributed by atoms with Gasteiger partial charge >= 0.3 is 0 Å². The zero-order valence-corrected chi connectivity index (χ0v) is 11.8. The van der Waals surface area contributed by atoms with E-state index in [1.165, 1.54) is 0 Å². The number of benzene rings is 1. The molecular formula is C11H16BrClNO2-. The van der Waals surface area contributed by atoms with Gasteiger partial charge in [0.15, 0.2) is 0 Å². The van der Waals surface area contributed by atoms with Crippen LogP contribution in [0.3, 0.4) is 0 Å². The second-order valence-electron chi connectivity index (χ2n) is 3.13. The predicted molar refractivity (Wildman–Crippen MR) is 64.3 cm³/mol. The van der Waals surface area contributed by atoms with Gasteiger partial charge in [-0.1, -0.05) is 15.9 Å². The van der Waals surface area contributed by atoms with Crippen LogP contribution in [0.25, 0.3) is 0 Å². The van der Waals surface area contributed by atoms with Crippen molar-refractivity contribution in [2.75, 3.05) is 27.4 Å². The van der Waals surface area contributed by atoms with Gasteiger partial charge in [0, 0.05) is 30.2 Å². The van der Waals surface area contributed by atoms with E-state index in [1.807, 2.05) is 12.1 Å². The lowest BCUT2D eigenvalue weighted by atomic mass is 10.2. The zero-order chi connectivity index (χ0) is 11.1. The number of halogens is 2. The second-order valence-corrected chi connectivity index (χ2v) is 4.04. The van der Waals surface area contributed by atoms with Gasteiger partial charge in [-0.25, -0.2) is 0 Å². The van der Waals surface area contributed by atoms with Gasteiger partial charge in [0.1, 0.15) is 5.75 Å². The summed E-state index contributed by atoms with van der Waals surface area (Å²) >= 11 is 3.44. The van der Waals surface area contributed by atoms with Crippen molar-refractivity contribution in [3.05, 3.63) is 28.2 Å². The van der Waals surface area contributed by atoms with Gasteiger partial charge in [-0.05, 0) is 18.2 Å². The Morgan fingerprint density at radius 2 is 2.06 bits per heavy atom. The van der Waals surface area contributed by atoms with Gasteiger partial charge in [-0.15, -0.1) is 0 Å². The highest BCUT2D eigenvalue weighted by atomic mass is 79.9. The minimum Gasteiger partial charge on any atom is -1.00 e. The van der Waals surface area contributed by atoms with Gasteiger partial charge in [0.25, 0.3) is 0 Å². The molecule has 0 amide bonds. The van der Waals surface area contributed by atoms with Crippen LogP contribution >= 0.6 is 15.9 Å². The number of hydrogen-bond acceptors (Lipinski definition) is 3. The molecule has 0 aliphatic heterocycles. The lowest BCUT2D eigenvalue weighted by molar-refractivity contribution is -0.00000365. The highest BCUT2D eigenvalue weighted by molar-refractivity contribution is 9.10. The second kappa shape index (κ2) is 8.82. The fourth-order valence-corrected chi connectivity index (χ4v) is 1.69. The minimum atomic E-state index is 0. The van der Waals surface area contributed by atoms with E-state index < -0.39 is 0 Å². The van der Waals surface area contributed by atoms with Crippen LogP contribution in [0.5, 0.6) is 5.75 Å². The Morgan fingerprint density at radius 1 is 1.31 bits per heavy atom. The molecule has 0 aliphatic rings. The van der Waals surface area contributed by atoms with Crippen LogP contribution in [-0.2, 0) is 11.3 Å². The van der Waals surface area contributed by atoms with Gasteiger partial charge < -0.3 is 27.2 Å². The molecule has 3 nitrogen and oxygen atoms in total. The smallest absolute Gasteiger partial charge is 0.123 e. The van der Waals surface area contributed by atoms with Gasteiger partial charge in [0.05, 0.1) is 13.7 Å². The summed E-state index contributed by atoms with van der Waals surface area (Å²) in [6.45, 7) is 2.34. The van der Waals surface area contributed by atoms with Crippen molar-refractivity contribution in [2.45, 2.75) is 6.54 Å². The van der Waals surface area contributed by atoms with Crippen LogP contribution in [-0.4, -0.2) is 27.4 Å². The highest BCUT2D eigenvalue weighted by Gasteiger charge is 2.02.